The van der Waals surface area contributed by atoms with E-state index in [1.807, 2.05) is 13.8 Å². The van der Waals surface area contributed by atoms with Crippen molar-refractivity contribution < 1.29 is 4.42 Å². The number of aromatic amines is 1. The van der Waals surface area contributed by atoms with E-state index in [4.69, 9.17) is 4.42 Å². The van der Waals surface area contributed by atoms with Crippen LogP contribution in [0.3, 0.4) is 0 Å². The monoisotopic (exact) mass is 260 g/mol. The third-order valence-electron chi connectivity index (χ3n) is 2.68. The van der Waals surface area contributed by atoms with E-state index in [0.29, 0.717) is 17.4 Å². The SMILES string of the molecule is Cc1cnc(C(C)Nc2cc3n[nH]c(=O)n3cn2)o1. The molecule has 1 atom stereocenters. The van der Waals surface area contributed by atoms with Crippen LogP contribution in [0.25, 0.3) is 5.65 Å². The minimum absolute atomic E-state index is 0.130. The quantitative estimate of drug-likeness (QED) is 0.725. The minimum atomic E-state index is -0.314. The number of nitrogens with one attached hydrogen (secondary N) is 2. The van der Waals surface area contributed by atoms with Gasteiger partial charge in [0, 0.05) is 6.07 Å². The van der Waals surface area contributed by atoms with E-state index in [1.54, 1.807) is 12.3 Å². The highest BCUT2D eigenvalue weighted by Gasteiger charge is 2.12. The number of hydrogen-bond acceptors (Lipinski definition) is 6. The number of rotatable bonds is 3. The van der Waals surface area contributed by atoms with Gasteiger partial charge in [-0.15, -0.1) is 0 Å². The van der Waals surface area contributed by atoms with Crippen molar-refractivity contribution in [3.63, 3.8) is 0 Å². The van der Waals surface area contributed by atoms with Gasteiger partial charge in [0.15, 0.2) is 5.65 Å². The standard InChI is InChI=1S/C11H12N6O2/c1-6-4-12-10(19-6)7(2)14-8-3-9-15-16-11(18)17(9)5-13-8/h3-5,7,14H,1-2H3,(H,16,18). The van der Waals surface area contributed by atoms with Gasteiger partial charge < -0.3 is 9.73 Å². The first kappa shape index (κ1) is 11.5. The van der Waals surface area contributed by atoms with Crippen LogP contribution >= 0.6 is 0 Å². The van der Waals surface area contributed by atoms with Crippen LogP contribution in [0.1, 0.15) is 24.6 Å². The van der Waals surface area contributed by atoms with Gasteiger partial charge in [-0.25, -0.2) is 24.3 Å². The van der Waals surface area contributed by atoms with Crippen molar-refractivity contribution in [1.29, 1.82) is 0 Å². The van der Waals surface area contributed by atoms with E-state index in [9.17, 15) is 4.79 Å². The summed E-state index contributed by atoms with van der Waals surface area (Å²) in [5.74, 6) is 1.93. The summed E-state index contributed by atoms with van der Waals surface area (Å²) < 4.78 is 6.76. The predicted octanol–water partition coefficient (Wildman–Crippen LogP) is 0.887. The van der Waals surface area contributed by atoms with E-state index in [1.165, 1.54) is 10.7 Å². The van der Waals surface area contributed by atoms with Crippen molar-refractivity contribution in [3.8, 4) is 0 Å². The maximum absolute atomic E-state index is 11.3. The summed E-state index contributed by atoms with van der Waals surface area (Å²) in [4.78, 5) is 19.6. The van der Waals surface area contributed by atoms with E-state index in [0.717, 1.165) is 5.76 Å². The first-order chi connectivity index (χ1) is 9.13. The highest BCUT2D eigenvalue weighted by Crippen LogP contribution is 2.17. The van der Waals surface area contributed by atoms with E-state index in [2.05, 4.69) is 25.5 Å². The smallest absolute Gasteiger partial charge is 0.348 e. The van der Waals surface area contributed by atoms with Crippen LogP contribution in [0, 0.1) is 6.92 Å². The van der Waals surface area contributed by atoms with Crippen molar-refractivity contribution in [1.82, 2.24) is 24.6 Å². The van der Waals surface area contributed by atoms with Crippen molar-refractivity contribution in [2.75, 3.05) is 5.32 Å². The average molecular weight is 260 g/mol. The molecule has 0 fully saturated rings. The van der Waals surface area contributed by atoms with Gasteiger partial charge in [0.25, 0.3) is 0 Å². The van der Waals surface area contributed by atoms with Gasteiger partial charge in [0.2, 0.25) is 5.89 Å². The molecule has 0 radical (unpaired) electrons. The lowest BCUT2D eigenvalue weighted by molar-refractivity contribution is 0.453. The second-order valence-electron chi connectivity index (χ2n) is 4.21. The molecule has 0 saturated carbocycles. The second kappa shape index (κ2) is 4.23. The van der Waals surface area contributed by atoms with Gasteiger partial charge in [0.05, 0.1) is 6.20 Å². The van der Waals surface area contributed by atoms with Crippen LogP contribution in [0.5, 0.6) is 0 Å². The van der Waals surface area contributed by atoms with Crippen LogP contribution in [-0.2, 0) is 0 Å². The van der Waals surface area contributed by atoms with Crippen LogP contribution < -0.4 is 11.0 Å². The molecule has 3 heterocycles. The van der Waals surface area contributed by atoms with Gasteiger partial charge in [-0.3, -0.25) is 0 Å². The Kier molecular flexibility index (Phi) is 2.55. The maximum atomic E-state index is 11.3. The van der Waals surface area contributed by atoms with Crippen LogP contribution in [0.4, 0.5) is 5.82 Å². The Hall–Kier alpha value is -2.64. The fourth-order valence-electron chi connectivity index (χ4n) is 1.74. The molecule has 1 unspecified atom stereocenters. The number of nitrogens with zero attached hydrogens (tertiary/aromatic N) is 4. The number of hydrogen-bond donors (Lipinski definition) is 2. The molecule has 0 amide bonds. The zero-order valence-corrected chi connectivity index (χ0v) is 10.4. The summed E-state index contributed by atoms with van der Waals surface area (Å²) in [6.45, 7) is 3.75. The first-order valence-electron chi connectivity index (χ1n) is 5.75. The Labute approximate surface area is 107 Å². The summed E-state index contributed by atoms with van der Waals surface area (Å²) in [6, 6.07) is 1.54. The number of H-pyrrole nitrogens is 1. The largest absolute Gasteiger partial charge is 0.444 e. The molecule has 0 aliphatic rings. The number of aryl methyl sites for hydroxylation is 1. The first-order valence-corrected chi connectivity index (χ1v) is 5.75. The Morgan fingerprint density at radius 3 is 3.05 bits per heavy atom. The molecule has 0 spiro atoms. The number of aromatic nitrogens is 5. The molecule has 3 rings (SSSR count). The lowest BCUT2D eigenvalue weighted by Crippen LogP contribution is -2.12. The molecule has 2 N–H and O–H groups in total. The average Bonchev–Trinajstić information content (AvgIpc) is 2.97. The molecule has 3 aromatic heterocycles. The van der Waals surface area contributed by atoms with Crippen molar-refractivity contribution in [2.24, 2.45) is 0 Å². The third-order valence-corrected chi connectivity index (χ3v) is 2.68. The topological polar surface area (TPSA) is 101 Å². The maximum Gasteiger partial charge on any atom is 0.348 e. The molecule has 8 heteroatoms. The third kappa shape index (κ3) is 2.07. The molecule has 8 nitrogen and oxygen atoms in total. The molecule has 0 aromatic carbocycles. The lowest BCUT2D eigenvalue weighted by Gasteiger charge is -2.10. The van der Waals surface area contributed by atoms with E-state index >= 15 is 0 Å². The summed E-state index contributed by atoms with van der Waals surface area (Å²) >= 11 is 0. The Morgan fingerprint density at radius 2 is 2.32 bits per heavy atom. The summed E-state index contributed by atoms with van der Waals surface area (Å²) in [5.41, 5.74) is 0.184. The molecule has 0 aliphatic carbocycles. The van der Waals surface area contributed by atoms with Gasteiger partial charge in [0.1, 0.15) is 23.9 Å². The molecule has 3 aromatic rings. The van der Waals surface area contributed by atoms with Gasteiger partial charge in [-0.1, -0.05) is 0 Å². The van der Waals surface area contributed by atoms with Crippen LogP contribution in [-0.4, -0.2) is 24.6 Å². The molecule has 0 saturated heterocycles. The van der Waals surface area contributed by atoms with Crippen molar-refractivity contribution >= 4 is 11.5 Å². The summed E-state index contributed by atoms with van der Waals surface area (Å²) in [5, 5.41) is 9.36. The second-order valence-corrected chi connectivity index (χ2v) is 4.21. The van der Waals surface area contributed by atoms with Crippen molar-refractivity contribution in [2.45, 2.75) is 19.9 Å². The zero-order valence-electron chi connectivity index (χ0n) is 10.4. The molecule has 98 valence electrons. The highest BCUT2D eigenvalue weighted by atomic mass is 16.4. The van der Waals surface area contributed by atoms with Crippen LogP contribution in [0.15, 0.2) is 27.8 Å². The molecule has 0 bridgehead atoms. The molecule has 0 aliphatic heterocycles. The fourth-order valence-corrected chi connectivity index (χ4v) is 1.74. The number of anilines is 1. The van der Waals surface area contributed by atoms with Crippen LogP contribution in [0.2, 0.25) is 0 Å². The van der Waals surface area contributed by atoms with Gasteiger partial charge >= 0.3 is 5.69 Å². The molecular formula is C11H12N6O2. The summed E-state index contributed by atoms with van der Waals surface area (Å²) in [6.07, 6.45) is 3.08. The fraction of sp³-hybridized carbons (Fsp3) is 0.273. The highest BCUT2D eigenvalue weighted by molar-refractivity contribution is 5.48. The Balaban J connectivity index is 1.86. The van der Waals surface area contributed by atoms with Crippen molar-refractivity contribution in [3.05, 3.63) is 40.7 Å². The van der Waals surface area contributed by atoms with E-state index < -0.39 is 0 Å². The number of oxazole rings is 1. The zero-order chi connectivity index (χ0) is 13.4. The Bertz CT molecular complexity index is 771. The van der Waals surface area contributed by atoms with Gasteiger partial charge in [-0.05, 0) is 13.8 Å². The normalized spacial score (nSPS) is 12.7. The summed E-state index contributed by atoms with van der Waals surface area (Å²) in [7, 11) is 0. The molecular weight excluding hydrogens is 248 g/mol. The lowest BCUT2D eigenvalue weighted by atomic mass is 10.3. The van der Waals surface area contributed by atoms with Gasteiger partial charge in [-0.2, -0.15) is 5.10 Å². The Morgan fingerprint density at radius 1 is 1.47 bits per heavy atom. The predicted molar refractivity (Wildman–Crippen MR) is 66.9 cm³/mol. The van der Waals surface area contributed by atoms with E-state index in [-0.39, 0.29) is 11.7 Å². The minimum Gasteiger partial charge on any atom is -0.444 e. The molecule has 19 heavy (non-hydrogen) atoms. The number of fused-ring (bicyclic) bond motifs is 1.